The van der Waals surface area contributed by atoms with Gasteiger partial charge in [-0.3, -0.25) is 4.79 Å². The average molecular weight is 496 g/mol. The van der Waals surface area contributed by atoms with E-state index in [-0.39, 0.29) is 27.6 Å². The summed E-state index contributed by atoms with van der Waals surface area (Å²) in [5, 5.41) is 10.8. The predicted octanol–water partition coefficient (Wildman–Crippen LogP) is 5.42. The van der Waals surface area contributed by atoms with E-state index in [0.29, 0.717) is 44.4 Å². The molecular formula is C27H24ClF2N3O2. The molecule has 3 aromatic rings. The van der Waals surface area contributed by atoms with Crippen molar-refractivity contribution >= 4 is 34.1 Å². The molecule has 0 bridgehead atoms. The number of rotatable bonds is 3. The molecule has 0 atom stereocenters. The van der Waals surface area contributed by atoms with Gasteiger partial charge in [-0.05, 0) is 43.5 Å². The maximum atomic E-state index is 16.1. The molecule has 0 spiro atoms. The first-order chi connectivity index (χ1) is 16.8. The van der Waals surface area contributed by atoms with Gasteiger partial charge in [0.1, 0.15) is 17.1 Å². The Morgan fingerprint density at radius 3 is 2.57 bits per heavy atom. The molecule has 1 amide bonds. The fraction of sp³-hybridized carbons (Fsp3) is 0.259. The summed E-state index contributed by atoms with van der Waals surface area (Å²) in [4.78, 5) is 20.6. The summed E-state index contributed by atoms with van der Waals surface area (Å²) < 4.78 is 30.7. The highest BCUT2D eigenvalue weighted by molar-refractivity contribution is 6.34. The van der Waals surface area contributed by atoms with E-state index < -0.39 is 17.4 Å². The molecule has 8 heteroatoms. The third kappa shape index (κ3) is 3.93. The first-order valence-corrected chi connectivity index (χ1v) is 11.8. The summed E-state index contributed by atoms with van der Waals surface area (Å²) in [6.45, 7) is 9.82. The van der Waals surface area contributed by atoms with E-state index in [4.69, 9.17) is 11.6 Å². The molecule has 0 unspecified atom stereocenters. The van der Waals surface area contributed by atoms with Crippen LogP contribution in [-0.4, -0.2) is 47.1 Å². The van der Waals surface area contributed by atoms with E-state index in [9.17, 15) is 14.3 Å². The summed E-state index contributed by atoms with van der Waals surface area (Å²) in [6.07, 6.45) is 3.30. The number of pyridine rings is 1. The normalized spacial score (nSPS) is 15.9. The fourth-order valence-electron chi connectivity index (χ4n) is 5.06. The Morgan fingerprint density at radius 1 is 1.14 bits per heavy atom. The predicted molar refractivity (Wildman–Crippen MR) is 134 cm³/mol. The van der Waals surface area contributed by atoms with Crippen LogP contribution < -0.4 is 4.90 Å². The van der Waals surface area contributed by atoms with Crippen LogP contribution in [0.5, 0.6) is 5.75 Å². The lowest BCUT2D eigenvalue weighted by molar-refractivity contribution is -0.126. The molecule has 0 radical (unpaired) electrons. The van der Waals surface area contributed by atoms with Crippen molar-refractivity contribution in [2.45, 2.75) is 19.3 Å². The Bertz CT molecular complexity index is 1380. The van der Waals surface area contributed by atoms with Gasteiger partial charge in [0.25, 0.3) is 0 Å². The summed E-state index contributed by atoms with van der Waals surface area (Å²) in [6, 6.07) is 5.38. The summed E-state index contributed by atoms with van der Waals surface area (Å²) in [5.41, 5.74) is 3.22. The quantitative estimate of drug-likeness (QED) is 0.389. The second kappa shape index (κ2) is 8.96. The first kappa shape index (κ1) is 23.3. The van der Waals surface area contributed by atoms with Crippen molar-refractivity contribution < 1.29 is 18.7 Å². The first-order valence-electron chi connectivity index (χ1n) is 11.4. The summed E-state index contributed by atoms with van der Waals surface area (Å²) >= 11 is 6.55. The fourth-order valence-corrected chi connectivity index (χ4v) is 5.34. The van der Waals surface area contributed by atoms with Crippen LogP contribution in [-0.2, 0) is 17.6 Å². The molecule has 2 aromatic carbocycles. The number of hydrogen-bond acceptors (Lipinski definition) is 4. The lowest BCUT2D eigenvalue weighted by atomic mass is 9.88. The summed E-state index contributed by atoms with van der Waals surface area (Å²) in [5.74, 6) is -2.07. The van der Waals surface area contributed by atoms with Crippen LogP contribution in [0.3, 0.4) is 0 Å². The molecular weight excluding hydrogens is 472 g/mol. The van der Waals surface area contributed by atoms with Crippen molar-refractivity contribution in [2.75, 3.05) is 31.1 Å². The second-order valence-electron chi connectivity index (χ2n) is 8.91. The van der Waals surface area contributed by atoms with E-state index in [1.165, 1.54) is 18.2 Å². The Balaban J connectivity index is 1.72. The molecule has 2 aliphatic rings. The zero-order valence-corrected chi connectivity index (χ0v) is 19.8. The minimum atomic E-state index is -0.776. The van der Waals surface area contributed by atoms with Crippen molar-refractivity contribution in [1.82, 2.24) is 9.88 Å². The van der Waals surface area contributed by atoms with E-state index in [2.05, 4.69) is 23.0 Å². The van der Waals surface area contributed by atoms with Crippen LogP contribution in [0.4, 0.5) is 14.5 Å². The Morgan fingerprint density at radius 2 is 1.89 bits per heavy atom. The highest BCUT2D eigenvalue weighted by atomic mass is 35.5. The maximum Gasteiger partial charge on any atom is 0.246 e. The van der Waals surface area contributed by atoms with Gasteiger partial charge in [-0.2, -0.15) is 0 Å². The maximum absolute atomic E-state index is 16.1. The molecule has 0 saturated carbocycles. The van der Waals surface area contributed by atoms with E-state index >= 15 is 4.39 Å². The molecule has 1 aliphatic heterocycles. The van der Waals surface area contributed by atoms with Gasteiger partial charge in [-0.1, -0.05) is 36.4 Å². The number of hydrogen-bond donors (Lipinski definition) is 1. The summed E-state index contributed by atoms with van der Waals surface area (Å²) in [7, 11) is 0. The van der Waals surface area contributed by atoms with Gasteiger partial charge in [-0.25, -0.2) is 13.8 Å². The van der Waals surface area contributed by atoms with Gasteiger partial charge >= 0.3 is 0 Å². The number of carbonyl (C=O) groups excluding carboxylic acids is 1. The standard InChI is InChI=1S/C27H24ClF2N3O2/c1-3-22(35)32-9-11-33(12-10-32)27-16-13-15(2)7-8-20(16)31-26-17(27)14-18(28)23(25(26)30)24-19(29)5-4-6-21(24)34/h3-6,14,34H,1-2,7-13H2. The van der Waals surface area contributed by atoms with E-state index in [1.807, 2.05) is 0 Å². The molecule has 1 N–H and O–H groups in total. The number of phenols is 1. The second-order valence-corrected chi connectivity index (χ2v) is 9.31. The smallest absolute Gasteiger partial charge is 0.246 e. The molecule has 2 heterocycles. The monoisotopic (exact) mass is 495 g/mol. The van der Waals surface area contributed by atoms with Crippen molar-refractivity contribution in [2.24, 2.45) is 0 Å². The molecule has 5 nitrogen and oxygen atoms in total. The number of halogens is 3. The highest BCUT2D eigenvalue weighted by Gasteiger charge is 2.30. The van der Waals surface area contributed by atoms with Gasteiger partial charge in [0.2, 0.25) is 5.91 Å². The van der Waals surface area contributed by atoms with Crippen molar-refractivity contribution in [1.29, 1.82) is 0 Å². The number of benzene rings is 2. The Hall–Kier alpha value is -3.45. The minimum Gasteiger partial charge on any atom is -0.507 e. The number of aromatic nitrogens is 1. The van der Waals surface area contributed by atoms with Crippen LogP contribution in [0.1, 0.15) is 17.7 Å². The number of allylic oxidation sites excluding steroid dienone is 1. The third-order valence-corrected chi connectivity index (χ3v) is 7.09. The third-order valence-electron chi connectivity index (χ3n) is 6.79. The van der Waals surface area contributed by atoms with Gasteiger partial charge < -0.3 is 14.9 Å². The van der Waals surface area contributed by atoms with Crippen molar-refractivity contribution in [3.63, 3.8) is 0 Å². The van der Waals surface area contributed by atoms with Gasteiger partial charge in [0, 0.05) is 48.4 Å². The SMILES string of the molecule is C=CC(=O)N1CCN(c2c3c(nc4c(F)c(-c5c(O)cccc5F)c(Cl)cc24)CCC(=C)C3)CC1. The number of piperazine rings is 1. The largest absolute Gasteiger partial charge is 0.507 e. The molecule has 35 heavy (non-hydrogen) atoms. The number of aromatic hydroxyl groups is 1. The zero-order chi connectivity index (χ0) is 24.9. The number of carbonyl (C=O) groups is 1. The van der Waals surface area contributed by atoms with Gasteiger partial charge in [0.05, 0.1) is 16.3 Å². The number of anilines is 1. The molecule has 1 aliphatic carbocycles. The number of nitrogens with zero attached hydrogens (tertiary/aromatic N) is 3. The number of aryl methyl sites for hydroxylation is 1. The highest BCUT2D eigenvalue weighted by Crippen LogP contribution is 2.45. The molecule has 5 rings (SSSR count). The van der Waals surface area contributed by atoms with Crippen LogP contribution in [0.25, 0.3) is 22.0 Å². The molecule has 180 valence electrons. The van der Waals surface area contributed by atoms with Crippen molar-refractivity contribution in [3.8, 4) is 16.9 Å². The van der Waals surface area contributed by atoms with Crippen LogP contribution in [0, 0.1) is 11.6 Å². The Kier molecular flexibility index (Phi) is 5.97. The lowest BCUT2D eigenvalue weighted by Crippen LogP contribution is -2.48. The van der Waals surface area contributed by atoms with Crippen LogP contribution >= 0.6 is 11.6 Å². The van der Waals surface area contributed by atoms with E-state index in [1.54, 1.807) is 11.0 Å². The lowest BCUT2D eigenvalue weighted by Gasteiger charge is -2.38. The van der Waals surface area contributed by atoms with E-state index in [0.717, 1.165) is 35.0 Å². The number of phenolic OH excluding ortho intramolecular Hbond substituents is 1. The van der Waals surface area contributed by atoms with Crippen molar-refractivity contribution in [3.05, 3.63) is 77.0 Å². The molecule has 1 fully saturated rings. The Labute approximate surface area is 206 Å². The topological polar surface area (TPSA) is 56.7 Å². The van der Waals surface area contributed by atoms with Gasteiger partial charge in [0.15, 0.2) is 5.82 Å². The van der Waals surface area contributed by atoms with Crippen LogP contribution in [0.15, 0.2) is 49.1 Å². The molecule has 1 aromatic heterocycles. The zero-order valence-electron chi connectivity index (χ0n) is 19.1. The molecule has 1 saturated heterocycles. The van der Waals surface area contributed by atoms with Crippen LogP contribution in [0.2, 0.25) is 5.02 Å². The average Bonchev–Trinajstić information content (AvgIpc) is 2.84. The number of fused-ring (bicyclic) bond motifs is 2. The van der Waals surface area contributed by atoms with Gasteiger partial charge in [-0.15, -0.1) is 0 Å². The number of amides is 1. The minimum absolute atomic E-state index is 0.0199.